The van der Waals surface area contributed by atoms with Gasteiger partial charge in [-0.2, -0.15) is 4.98 Å². The van der Waals surface area contributed by atoms with Crippen molar-refractivity contribution in [2.24, 2.45) is 0 Å². The van der Waals surface area contributed by atoms with E-state index in [0.717, 1.165) is 58.5 Å². The van der Waals surface area contributed by atoms with Gasteiger partial charge < -0.3 is 10.1 Å². The lowest BCUT2D eigenvalue weighted by Crippen LogP contribution is -2.19. The number of nitrogens with zero attached hydrogens (tertiary/aromatic N) is 3. The molecule has 1 saturated carbocycles. The maximum Gasteiger partial charge on any atom is 0.236 e. The van der Waals surface area contributed by atoms with Gasteiger partial charge in [0.15, 0.2) is 0 Å². The smallest absolute Gasteiger partial charge is 0.236 e. The molecule has 2 aromatic heterocycles. The van der Waals surface area contributed by atoms with Crippen LogP contribution in [0.5, 0.6) is 0 Å². The van der Waals surface area contributed by atoms with E-state index >= 15 is 0 Å². The number of benzene rings is 2. The molecule has 0 saturated heterocycles. The molecule has 8 nitrogen and oxygen atoms in total. The SMILES string of the molecule is Cc1cc2c(NS(=O)(=O)C3CC3)cccc2n1-c1nc2c(c(NCc3ccccc3)n1)COCC2. The number of anilines is 2. The van der Waals surface area contributed by atoms with Gasteiger partial charge in [-0.15, -0.1) is 0 Å². The molecule has 0 radical (unpaired) electrons. The summed E-state index contributed by atoms with van der Waals surface area (Å²) in [5, 5.41) is 4.03. The molecule has 4 aromatic rings. The van der Waals surface area contributed by atoms with E-state index in [2.05, 4.69) is 22.2 Å². The Labute approximate surface area is 204 Å². The van der Waals surface area contributed by atoms with Crippen LogP contribution < -0.4 is 10.0 Å². The summed E-state index contributed by atoms with van der Waals surface area (Å²) in [6, 6.07) is 17.8. The van der Waals surface area contributed by atoms with Gasteiger partial charge in [0.2, 0.25) is 16.0 Å². The first-order valence-electron chi connectivity index (χ1n) is 11.9. The Kier molecular flexibility index (Phi) is 5.46. The molecular formula is C26H27N5O3S. The molecule has 3 heterocycles. The van der Waals surface area contributed by atoms with Gasteiger partial charge in [0, 0.05) is 29.6 Å². The minimum atomic E-state index is -3.37. The van der Waals surface area contributed by atoms with E-state index in [0.29, 0.717) is 31.4 Å². The molecule has 1 fully saturated rings. The van der Waals surface area contributed by atoms with Crippen LogP contribution in [0.4, 0.5) is 11.5 Å². The molecule has 9 heteroatoms. The molecule has 1 aliphatic heterocycles. The van der Waals surface area contributed by atoms with Crippen molar-refractivity contribution < 1.29 is 13.2 Å². The third-order valence-electron chi connectivity index (χ3n) is 6.56. The van der Waals surface area contributed by atoms with Crippen LogP contribution in [0.1, 0.15) is 35.4 Å². The number of aromatic nitrogens is 3. The lowest BCUT2D eigenvalue weighted by atomic mass is 10.1. The number of nitrogens with one attached hydrogen (secondary N) is 2. The minimum Gasteiger partial charge on any atom is -0.376 e. The Balaban J connectivity index is 1.42. The summed E-state index contributed by atoms with van der Waals surface area (Å²) < 4.78 is 35.7. The van der Waals surface area contributed by atoms with Gasteiger partial charge in [0.25, 0.3) is 0 Å². The van der Waals surface area contributed by atoms with E-state index in [1.807, 2.05) is 54.0 Å². The maximum atomic E-state index is 12.6. The van der Waals surface area contributed by atoms with Crippen molar-refractivity contribution in [2.75, 3.05) is 16.6 Å². The Morgan fingerprint density at radius 1 is 1.09 bits per heavy atom. The van der Waals surface area contributed by atoms with Crippen LogP contribution >= 0.6 is 0 Å². The number of hydrogen-bond donors (Lipinski definition) is 2. The molecule has 2 aromatic carbocycles. The van der Waals surface area contributed by atoms with Crippen molar-refractivity contribution in [3.63, 3.8) is 0 Å². The van der Waals surface area contributed by atoms with E-state index in [1.54, 1.807) is 0 Å². The number of sulfonamides is 1. The average Bonchev–Trinajstić information content (AvgIpc) is 3.67. The Morgan fingerprint density at radius 3 is 2.71 bits per heavy atom. The van der Waals surface area contributed by atoms with E-state index in [1.165, 1.54) is 0 Å². The Hall–Kier alpha value is -3.43. The zero-order valence-corrected chi connectivity index (χ0v) is 20.3. The second-order valence-corrected chi connectivity index (χ2v) is 11.1. The van der Waals surface area contributed by atoms with Gasteiger partial charge in [0.05, 0.1) is 35.4 Å². The molecule has 35 heavy (non-hydrogen) atoms. The van der Waals surface area contributed by atoms with Crippen LogP contribution in [0.3, 0.4) is 0 Å². The van der Waals surface area contributed by atoms with E-state index in [9.17, 15) is 8.42 Å². The summed E-state index contributed by atoms with van der Waals surface area (Å²) in [7, 11) is -3.37. The highest BCUT2D eigenvalue weighted by Crippen LogP contribution is 2.34. The fourth-order valence-corrected chi connectivity index (χ4v) is 5.99. The lowest BCUT2D eigenvalue weighted by molar-refractivity contribution is 0.109. The van der Waals surface area contributed by atoms with Crippen LogP contribution in [0.15, 0.2) is 54.6 Å². The van der Waals surface area contributed by atoms with Crippen molar-refractivity contribution in [2.45, 2.75) is 44.6 Å². The second kappa shape index (κ2) is 8.66. The number of rotatable bonds is 7. The fourth-order valence-electron chi connectivity index (χ4n) is 4.58. The third-order valence-corrected chi connectivity index (χ3v) is 8.41. The van der Waals surface area contributed by atoms with Crippen molar-refractivity contribution in [1.29, 1.82) is 0 Å². The van der Waals surface area contributed by atoms with Crippen LogP contribution in [-0.2, 0) is 34.3 Å². The van der Waals surface area contributed by atoms with Gasteiger partial charge in [-0.1, -0.05) is 36.4 Å². The molecule has 180 valence electrons. The average molecular weight is 490 g/mol. The number of hydrogen-bond acceptors (Lipinski definition) is 6. The zero-order valence-electron chi connectivity index (χ0n) is 19.5. The van der Waals surface area contributed by atoms with Gasteiger partial charge in [-0.25, -0.2) is 13.4 Å². The predicted molar refractivity (Wildman–Crippen MR) is 136 cm³/mol. The van der Waals surface area contributed by atoms with Crippen LogP contribution in [0.2, 0.25) is 0 Å². The largest absolute Gasteiger partial charge is 0.376 e. The van der Waals surface area contributed by atoms with Crippen LogP contribution in [0.25, 0.3) is 16.9 Å². The molecular weight excluding hydrogens is 462 g/mol. The van der Waals surface area contributed by atoms with E-state index in [4.69, 9.17) is 14.7 Å². The third kappa shape index (κ3) is 4.26. The first-order chi connectivity index (χ1) is 17.0. The molecule has 0 bridgehead atoms. The topological polar surface area (TPSA) is 98.1 Å². The van der Waals surface area contributed by atoms with Crippen molar-refractivity contribution in [3.05, 3.63) is 77.1 Å². The molecule has 0 atom stereocenters. The summed E-state index contributed by atoms with van der Waals surface area (Å²) in [6.45, 7) is 3.73. The molecule has 0 unspecified atom stereocenters. The Bertz CT molecular complexity index is 1510. The normalized spacial score (nSPS) is 15.7. The number of fused-ring (bicyclic) bond motifs is 2. The highest BCUT2D eigenvalue weighted by atomic mass is 32.2. The predicted octanol–water partition coefficient (Wildman–Crippen LogP) is 4.32. The quantitative estimate of drug-likeness (QED) is 0.401. The monoisotopic (exact) mass is 489 g/mol. The van der Waals surface area contributed by atoms with Crippen LogP contribution in [-0.4, -0.2) is 34.8 Å². The molecule has 0 amide bonds. The molecule has 2 N–H and O–H groups in total. The standard InChI is InChI=1S/C26H27N5O3S/c1-17-14-20-23(30-35(32,33)19-10-11-19)8-5-9-24(20)31(17)26-28-22-12-13-34-16-21(22)25(29-26)27-15-18-6-3-2-4-7-18/h2-9,14,19,30H,10-13,15-16H2,1H3,(H,27,28,29). The molecule has 6 rings (SSSR count). The highest BCUT2D eigenvalue weighted by Gasteiger charge is 2.36. The number of aryl methyl sites for hydroxylation is 1. The summed E-state index contributed by atoms with van der Waals surface area (Å²) >= 11 is 0. The van der Waals surface area contributed by atoms with E-state index in [-0.39, 0.29) is 5.25 Å². The van der Waals surface area contributed by atoms with Gasteiger partial charge >= 0.3 is 0 Å². The van der Waals surface area contributed by atoms with Gasteiger partial charge in [-0.3, -0.25) is 9.29 Å². The summed E-state index contributed by atoms with van der Waals surface area (Å²) in [5.41, 5.74) is 5.50. The van der Waals surface area contributed by atoms with Crippen LogP contribution in [0, 0.1) is 6.92 Å². The van der Waals surface area contributed by atoms with Crippen molar-refractivity contribution in [1.82, 2.24) is 14.5 Å². The van der Waals surface area contributed by atoms with Gasteiger partial charge in [0.1, 0.15) is 5.82 Å². The first-order valence-corrected chi connectivity index (χ1v) is 13.4. The summed E-state index contributed by atoms with van der Waals surface area (Å²) in [4.78, 5) is 9.84. The molecule has 2 aliphatic rings. The zero-order chi connectivity index (χ0) is 24.0. The maximum absolute atomic E-state index is 12.6. The number of ether oxygens (including phenoxy) is 1. The van der Waals surface area contributed by atoms with Crippen molar-refractivity contribution >= 4 is 32.4 Å². The molecule has 0 spiro atoms. The van der Waals surface area contributed by atoms with E-state index < -0.39 is 10.0 Å². The summed E-state index contributed by atoms with van der Waals surface area (Å²) in [5.74, 6) is 1.33. The fraction of sp³-hybridized carbons (Fsp3) is 0.308. The highest BCUT2D eigenvalue weighted by molar-refractivity contribution is 7.93. The first kappa shape index (κ1) is 22.1. The van der Waals surface area contributed by atoms with Crippen molar-refractivity contribution in [3.8, 4) is 5.95 Å². The second-order valence-electron chi connectivity index (χ2n) is 9.15. The Morgan fingerprint density at radius 2 is 1.91 bits per heavy atom. The summed E-state index contributed by atoms with van der Waals surface area (Å²) in [6.07, 6.45) is 2.16. The van der Waals surface area contributed by atoms with Gasteiger partial charge in [-0.05, 0) is 43.5 Å². The molecule has 1 aliphatic carbocycles. The lowest BCUT2D eigenvalue weighted by Gasteiger charge is -2.21. The minimum absolute atomic E-state index is 0.287.